The molecule has 0 radical (unpaired) electrons. The van der Waals surface area contributed by atoms with E-state index in [9.17, 15) is 19.3 Å². The maximum atomic E-state index is 14.0. The third-order valence-corrected chi connectivity index (χ3v) is 3.00. The first-order chi connectivity index (χ1) is 9.90. The number of hydrogen-bond acceptors (Lipinski definition) is 4. The van der Waals surface area contributed by atoms with Gasteiger partial charge >= 0.3 is 0 Å². The number of nitro benzene ring substituents is 1. The largest absolute Gasteiger partial charge is 0.319 e. The fraction of sp³-hybridized carbons (Fsp3) is 0.0769. The first kappa shape index (κ1) is 14.9. The van der Waals surface area contributed by atoms with Crippen molar-refractivity contribution in [2.24, 2.45) is 0 Å². The number of non-ortho nitro benzene ring substituents is 1. The lowest BCUT2D eigenvalue weighted by atomic mass is 10.1. The number of hydrogen-bond donors (Lipinski definition) is 1. The van der Waals surface area contributed by atoms with Gasteiger partial charge in [0.15, 0.2) is 5.15 Å². The van der Waals surface area contributed by atoms with E-state index in [2.05, 4.69) is 10.3 Å². The fourth-order valence-electron chi connectivity index (χ4n) is 1.69. The topological polar surface area (TPSA) is 85.1 Å². The Balaban J connectivity index is 2.39. The number of pyridine rings is 1. The van der Waals surface area contributed by atoms with Crippen molar-refractivity contribution in [2.75, 3.05) is 5.32 Å². The van der Waals surface area contributed by atoms with Gasteiger partial charge in [0.1, 0.15) is 5.82 Å². The second-order valence-corrected chi connectivity index (χ2v) is 4.54. The minimum absolute atomic E-state index is 0.00614. The van der Waals surface area contributed by atoms with Crippen LogP contribution in [0.3, 0.4) is 0 Å². The Morgan fingerprint density at radius 1 is 1.48 bits per heavy atom. The number of nitrogens with one attached hydrogen (secondary N) is 1. The SMILES string of the molecule is Cc1cc([N+](=O)[O-])cc(C(=O)Nc2cccnc2Cl)c1F. The zero-order valence-electron chi connectivity index (χ0n) is 10.8. The monoisotopic (exact) mass is 309 g/mol. The lowest BCUT2D eigenvalue weighted by Gasteiger charge is -2.08. The molecule has 0 aliphatic carbocycles. The van der Waals surface area contributed by atoms with Crippen molar-refractivity contribution < 1.29 is 14.1 Å². The summed E-state index contributed by atoms with van der Waals surface area (Å²) in [7, 11) is 0. The minimum Gasteiger partial charge on any atom is -0.319 e. The average Bonchev–Trinajstić information content (AvgIpc) is 2.43. The van der Waals surface area contributed by atoms with E-state index >= 15 is 0 Å². The second kappa shape index (κ2) is 5.84. The van der Waals surface area contributed by atoms with Crippen LogP contribution in [-0.2, 0) is 0 Å². The average molecular weight is 310 g/mol. The molecule has 0 aliphatic heterocycles. The quantitative estimate of drug-likeness (QED) is 0.535. The molecule has 0 bridgehead atoms. The lowest BCUT2D eigenvalue weighted by Crippen LogP contribution is -2.15. The Kier molecular flexibility index (Phi) is 4.13. The maximum absolute atomic E-state index is 14.0. The predicted octanol–water partition coefficient (Wildman–Crippen LogP) is 3.34. The van der Waals surface area contributed by atoms with E-state index < -0.39 is 22.2 Å². The van der Waals surface area contributed by atoms with E-state index in [0.717, 1.165) is 12.1 Å². The molecule has 0 aliphatic rings. The van der Waals surface area contributed by atoms with Gasteiger partial charge in [-0.1, -0.05) is 11.6 Å². The lowest BCUT2D eigenvalue weighted by molar-refractivity contribution is -0.385. The van der Waals surface area contributed by atoms with Crippen molar-refractivity contribution in [1.82, 2.24) is 4.98 Å². The second-order valence-electron chi connectivity index (χ2n) is 4.18. The van der Waals surface area contributed by atoms with Crippen LogP contribution in [0.25, 0.3) is 0 Å². The van der Waals surface area contributed by atoms with Crippen LogP contribution in [0.4, 0.5) is 15.8 Å². The van der Waals surface area contributed by atoms with Gasteiger partial charge in [-0.3, -0.25) is 14.9 Å². The molecule has 1 aromatic carbocycles. The van der Waals surface area contributed by atoms with Crippen LogP contribution in [0.15, 0.2) is 30.5 Å². The highest BCUT2D eigenvalue weighted by Gasteiger charge is 2.20. The summed E-state index contributed by atoms with van der Waals surface area (Å²) in [5, 5.41) is 13.2. The standard InChI is InChI=1S/C13H9ClFN3O3/c1-7-5-8(18(20)21)6-9(11(7)15)13(19)17-10-3-2-4-16-12(10)14/h2-6H,1H3,(H,17,19). The third kappa shape index (κ3) is 3.14. The molecule has 21 heavy (non-hydrogen) atoms. The summed E-state index contributed by atoms with van der Waals surface area (Å²) >= 11 is 5.78. The number of halogens is 2. The Labute approximate surface area is 123 Å². The molecule has 0 unspecified atom stereocenters. The molecule has 1 N–H and O–H groups in total. The maximum Gasteiger partial charge on any atom is 0.270 e. The van der Waals surface area contributed by atoms with E-state index in [4.69, 9.17) is 11.6 Å². The van der Waals surface area contributed by atoms with Crippen molar-refractivity contribution >= 4 is 28.9 Å². The van der Waals surface area contributed by atoms with Gasteiger partial charge in [0, 0.05) is 18.3 Å². The number of rotatable bonds is 3. The number of carbonyl (C=O) groups excluding carboxylic acids is 1. The molecule has 0 atom stereocenters. The Morgan fingerprint density at radius 3 is 2.81 bits per heavy atom. The van der Waals surface area contributed by atoms with Crippen molar-refractivity contribution in [3.05, 3.63) is 62.7 Å². The Hall–Kier alpha value is -2.54. The summed E-state index contributed by atoms with van der Waals surface area (Å²) in [6.45, 7) is 1.34. The zero-order valence-corrected chi connectivity index (χ0v) is 11.5. The highest BCUT2D eigenvalue weighted by atomic mass is 35.5. The van der Waals surface area contributed by atoms with E-state index in [1.165, 1.54) is 25.3 Å². The van der Waals surface area contributed by atoms with Crippen molar-refractivity contribution in [3.63, 3.8) is 0 Å². The van der Waals surface area contributed by atoms with Gasteiger partial charge in [0.25, 0.3) is 11.6 Å². The van der Waals surface area contributed by atoms with Crippen LogP contribution < -0.4 is 5.32 Å². The molecule has 108 valence electrons. The summed E-state index contributed by atoms with van der Waals surface area (Å²) < 4.78 is 14.0. The number of aryl methyl sites for hydroxylation is 1. The van der Waals surface area contributed by atoms with Gasteiger partial charge < -0.3 is 5.32 Å². The summed E-state index contributed by atoms with van der Waals surface area (Å²) in [5.74, 6) is -1.66. The van der Waals surface area contributed by atoms with Crippen LogP contribution in [0.5, 0.6) is 0 Å². The molecule has 0 saturated heterocycles. The van der Waals surface area contributed by atoms with Gasteiger partial charge in [0.2, 0.25) is 0 Å². The summed E-state index contributed by atoms with van der Waals surface area (Å²) in [4.78, 5) is 25.9. The molecule has 0 spiro atoms. The van der Waals surface area contributed by atoms with Gasteiger partial charge in [0.05, 0.1) is 16.2 Å². The highest BCUT2D eigenvalue weighted by Crippen LogP contribution is 2.23. The Bertz CT molecular complexity index is 737. The number of benzene rings is 1. The number of nitro groups is 1. The molecule has 1 heterocycles. The minimum atomic E-state index is -0.839. The van der Waals surface area contributed by atoms with Gasteiger partial charge in [-0.2, -0.15) is 0 Å². The number of aromatic nitrogens is 1. The van der Waals surface area contributed by atoms with Gasteiger partial charge in [-0.15, -0.1) is 0 Å². The zero-order chi connectivity index (χ0) is 15.6. The summed E-state index contributed by atoms with van der Waals surface area (Å²) in [6.07, 6.45) is 1.43. The van der Waals surface area contributed by atoms with Gasteiger partial charge in [-0.25, -0.2) is 9.37 Å². The molecule has 1 aromatic heterocycles. The predicted molar refractivity (Wildman–Crippen MR) is 75.0 cm³/mol. The number of nitrogens with zero attached hydrogens (tertiary/aromatic N) is 2. The molecule has 0 saturated carbocycles. The molecular formula is C13H9ClFN3O3. The smallest absolute Gasteiger partial charge is 0.270 e. The Morgan fingerprint density at radius 2 is 2.19 bits per heavy atom. The molecule has 8 heteroatoms. The number of carbonyl (C=O) groups is 1. The van der Waals surface area contributed by atoms with E-state index in [-0.39, 0.29) is 22.1 Å². The molecule has 2 rings (SSSR count). The normalized spacial score (nSPS) is 10.2. The van der Waals surface area contributed by atoms with E-state index in [1.54, 1.807) is 0 Å². The van der Waals surface area contributed by atoms with Crippen molar-refractivity contribution in [3.8, 4) is 0 Å². The number of amides is 1. The first-order valence-corrected chi connectivity index (χ1v) is 6.14. The van der Waals surface area contributed by atoms with Crippen molar-refractivity contribution in [2.45, 2.75) is 6.92 Å². The number of anilines is 1. The highest BCUT2D eigenvalue weighted by molar-refractivity contribution is 6.32. The summed E-state index contributed by atoms with van der Waals surface area (Å²) in [6, 6.07) is 4.96. The van der Waals surface area contributed by atoms with Crippen LogP contribution in [0.1, 0.15) is 15.9 Å². The van der Waals surface area contributed by atoms with Crippen LogP contribution in [0.2, 0.25) is 5.15 Å². The molecule has 1 amide bonds. The van der Waals surface area contributed by atoms with Gasteiger partial charge in [-0.05, 0) is 24.6 Å². The molecular weight excluding hydrogens is 301 g/mol. The van der Waals surface area contributed by atoms with Crippen LogP contribution in [0, 0.1) is 22.9 Å². The van der Waals surface area contributed by atoms with Crippen molar-refractivity contribution in [1.29, 1.82) is 0 Å². The van der Waals surface area contributed by atoms with E-state index in [1.807, 2.05) is 0 Å². The van der Waals surface area contributed by atoms with Crippen LogP contribution in [-0.4, -0.2) is 15.8 Å². The first-order valence-electron chi connectivity index (χ1n) is 5.76. The van der Waals surface area contributed by atoms with E-state index in [0.29, 0.717) is 0 Å². The summed E-state index contributed by atoms with van der Waals surface area (Å²) in [5.41, 5.74) is -0.600. The third-order valence-electron chi connectivity index (χ3n) is 2.70. The molecule has 6 nitrogen and oxygen atoms in total. The molecule has 0 fully saturated rings. The van der Waals surface area contributed by atoms with Crippen LogP contribution >= 0.6 is 11.6 Å². The fourth-order valence-corrected chi connectivity index (χ4v) is 1.86. The molecule has 2 aromatic rings.